The molecular formula is C9H17NO3. The predicted octanol–water partition coefficient (Wildman–Crippen LogP) is 0.460. The number of nitrogens with zero attached hydrogens (tertiary/aromatic N) is 1. The van der Waals surface area contributed by atoms with E-state index in [0.717, 1.165) is 13.0 Å². The highest BCUT2D eigenvalue weighted by atomic mass is 16.5. The molecule has 0 aromatic carbocycles. The molecular weight excluding hydrogens is 170 g/mol. The van der Waals surface area contributed by atoms with E-state index in [4.69, 9.17) is 0 Å². The lowest BCUT2D eigenvalue weighted by Crippen LogP contribution is -2.16. The zero-order valence-electron chi connectivity index (χ0n) is 8.50. The van der Waals surface area contributed by atoms with Gasteiger partial charge in [0.1, 0.15) is 6.61 Å². The Bertz CT molecular complexity index is 178. The third kappa shape index (κ3) is 9.01. The fourth-order valence-corrected chi connectivity index (χ4v) is 0.794. The summed E-state index contributed by atoms with van der Waals surface area (Å²) in [5, 5.41) is 0. The topological polar surface area (TPSA) is 46.6 Å². The van der Waals surface area contributed by atoms with Crippen LogP contribution < -0.4 is 0 Å². The number of ketones is 1. The Labute approximate surface area is 78.9 Å². The highest BCUT2D eigenvalue weighted by Crippen LogP contribution is 1.94. The van der Waals surface area contributed by atoms with Gasteiger partial charge in [-0.1, -0.05) is 0 Å². The largest absolute Gasteiger partial charge is 0.458 e. The molecule has 76 valence electrons. The minimum absolute atomic E-state index is 0.0964. The molecule has 0 N–H and O–H groups in total. The fraction of sp³-hybridized carbons (Fsp3) is 0.778. The summed E-state index contributed by atoms with van der Waals surface area (Å²) in [6.45, 7) is 2.16. The van der Waals surface area contributed by atoms with Crippen molar-refractivity contribution >= 4 is 11.8 Å². The van der Waals surface area contributed by atoms with Gasteiger partial charge in [0, 0.05) is 6.42 Å². The fourth-order valence-electron chi connectivity index (χ4n) is 0.794. The maximum absolute atomic E-state index is 10.9. The third-order valence-corrected chi connectivity index (χ3v) is 1.42. The summed E-state index contributed by atoms with van der Waals surface area (Å²) in [6.07, 6.45) is 1.15. The van der Waals surface area contributed by atoms with Crippen LogP contribution in [0.25, 0.3) is 0 Å². The Balaban J connectivity index is 3.36. The number of esters is 1. The summed E-state index contributed by atoms with van der Waals surface area (Å²) >= 11 is 0. The van der Waals surface area contributed by atoms with Crippen molar-refractivity contribution in [2.45, 2.75) is 19.8 Å². The van der Waals surface area contributed by atoms with E-state index in [1.54, 1.807) is 0 Å². The van der Waals surface area contributed by atoms with Gasteiger partial charge in [-0.2, -0.15) is 0 Å². The maximum Gasteiger partial charge on any atom is 0.306 e. The molecule has 0 atom stereocenters. The molecule has 0 bridgehead atoms. The summed E-state index contributed by atoms with van der Waals surface area (Å²) in [4.78, 5) is 23.4. The molecule has 0 saturated heterocycles. The molecule has 0 saturated carbocycles. The van der Waals surface area contributed by atoms with E-state index in [-0.39, 0.29) is 18.4 Å². The van der Waals surface area contributed by atoms with Crippen LogP contribution in [-0.4, -0.2) is 43.9 Å². The molecule has 4 heteroatoms. The van der Waals surface area contributed by atoms with E-state index in [1.165, 1.54) is 6.92 Å². The zero-order chi connectivity index (χ0) is 10.3. The van der Waals surface area contributed by atoms with Gasteiger partial charge in [-0.25, -0.2) is 0 Å². The second kappa shape index (κ2) is 6.60. The molecule has 0 unspecified atom stereocenters. The Morgan fingerprint density at radius 3 is 2.38 bits per heavy atom. The molecule has 0 aromatic rings. The first-order chi connectivity index (χ1) is 6.02. The maximum atomic E-state index is 10.9. The smallest absolute Gasteiger partial charge is 0.306 e. The van der Waals surface area contributed by atoms with Gasteiger partial charge in [0.25, 0.3) is 0 Å². The lowest BCUT2D eigenvalue weighted by Gasteiger charge is -2.08. The van der Waals surface area contributed by atoms with Crippen molar-refractivity contribution in [3.8, 4) is 0 Å². The average Bonchev–Trinajstić information content (AvgIpc) is 2.00. The Hall–Kier alpha value is -0.900. The molecule has 0 amide bonds. The van der Waals surface area contributed by atoms with Crippen molar-refractivity contribution in [2.75, 3.05) is 27.2 Å². The minimum atomic E-state index is -0.294. The molecule has 0 heterocycles. The van der Waals surface area contributed by atoms with Crippen LogP contribution in [0.1, 0.15) is 19.8 Å². The Morgan fingerprint density at radius 1 is 1.31 bits per heavy atom. The molecule has 0 aliphatic rings. The van der Waals surface area contributed by atoms with Gasteiger partial charge >= 0.3 is 5.97 Å². The first-order valence-corrected chi connectivity index (χ1v) is 4.32. The summed E-state index contributed by atoms with van der Waals surface area (Å²) in [5.41, 5.74) is 0. The first-order valence-electron chi connectivity index (χ1n) is 4.32. The van der Waals surface area contributed by atoms with Crippen LogP contribution >= 0.6 is 0 Å². The predicted molar refractivity (Wildman–Crippen MR) is 49.4 cm³/mol. The summed E-state index contributed by atoms with van der Waals surface area (Å²) in [6, 6.07) is 0. The second-order valence-electron chi connectivity index (χ2n) is 3.27. The monoisotopic (exact) mass is 187 g/mol. The molecule has 13 heavy (non-hydrogen) atoms. The van der Waals surface area contributed by atoms with Gasteiger partial charge in [0.15, 0.2) is 5.78 Å². The van der Waals surface area contributed by atoms with E-state index < -0.39 is 0 Å². The second-order valence-corrected chi connectivity index (χ2v) is 3.27. The Kier molecular flexibility index (Phi) is 6.14. The molecule has 0 aliphatic carbocycles. The van der Waals surface area contributed by atoms with Gasteiger partial charge in [-0.3, -0.25) is 9.59 Å². The first kappa shape index (κ1) is 12.1. The van der Waals surface area contributed by atoms with E-state index >= 15 is 0 Å². The van der Waals surface area contributed by atoms with Crippen molar-refractivity contribution in [3.05, 3.63) is 0 Å². The number of carbonyl (C=O) groups is 2. The summed E-state index contributed by atoms with van der Waals surface area (Å²) in [5.74, 6) is -0.419. The number of ether oxygens (including phenoxy) is 1. The standard InChI is InChI=1S/C9H17NO3/c1-8(11)7-13-9(12)5-4-6-10(2)3/h4-7H2,1-3H3. The minimum Gasteiger partial charge on any atom is -0.458 e. The number of hydrogen-bond donors (Lipinski definition) is 0. The van der Waals surface area contributed by atoms with Crippen LogP contribution in [0.2, 0.25) is 0 Å². The molecule has 0 aliphatic heterocycles. The van der Waals surface area contributed by atoms with E-state index in [9.17, 15) is 9.59 Å². The lowest BCUT2D eigenvalue weighted by atomic mass is 10.3. The van der Waals surface area contributed by atoms with Crippen LogP contribution in [0.3, 0.4) is 0 Å². The lowest BCUT2D eigenvalue weighted by molar-refractivity contribution is -0.147. The van der Waals surface area contributed by atoms with Gasteiger partial charge in [0.05, 0.1) is 0 Å². The van der Waals surface area contributed by atoms with Crippen LogP contribution in [0.4, 0.5) is 0 Å². The van der Waals surface area contributed by atoms with Crippen molar-refractivity contribution in [1.82, 2.24) is 4.90 Å². The van der Waals surface area contributed by atoms with Crippen molar-refractivity contribution in [1.29, 1.82) is 0 Å². The quantitative estimate of drug-likeness (QED) is 0.567. The number of hydrogen-bond acceptors (Lipinski definition) is 4. The SMILES string of the molecule is CC(=O)COC(=O)CCCN(C)C. The van der Waals surface area contributed by atoms with Gasteiger partial charge in [0.2, 0.25) is 0 Å². The van der Waals surface area contributed by atoms with Crippen LogP contribution in [0.15, 0.2) is 0 Å². The third-order valence-electron chi connectivity index (χ3n) is 1.42. The summed E-state index contributed by atoms with van der Waals surface area (Å²) in [7, 11) is 3.89. The molecule has 0 radical (unpaired) electrons. The number of Topliss-reactive ketones (excluding diaryl/α,β-unsaturated/α-hetero) is 1. The summed E-state index contributed by atoms with van der Waals surface area (Å²) < 4.78 is 4.68. The normalized spacial score (nSPS) is 10.2. The van der Waals surface area contributed by atoms with E-state index in [0.29, 0.717) is 6.42 Å². The van der Waals surface area contributed by atoms with Gasteiger partial charge in [-0.05, 0) is 34.0 Å². The Morgan fingerprint density at radius 2 is 1.92 bits per heavy atom. The number of carbonyl (C=O) groups excluding carboxylic acids is 2. The van der Waals surface area contributed by atoms with Gasteiger partial charge < -0.3 is 9.64 Å². The number of rotatable bonds is 6. The van der Waals surface area contributed by atoms with Crippen molar-refractivity contribution in [2.24, 2.45) is 0 Å². The highest BCUT2D eigenvalue weighted by molar-refractivity contribution is 5.80. The van der Waals surface area contributed by atoms with Crippen molar-refractivity contribution in [3.63, 3.8) is 0 Å². The highest BCUT2D eigenvalue weighted by Gasteiger charge is 2.03. The molecule has 0 fully saturated rings. The van der Waals surface area contributed by atoms with Crippen LogP contribution in [-0.2, 0) is 14.3 Å². The zero-order valence-corrected chi connectivity index (χ0v) is 8.50. The van der Waals surface area contributed by atoms with Crippen LogP contribution in [0, 0.1) is 0 Å². The van der Waals surface area contributed by atoms with E-state index in [1.807, 2.05) is 19.0 Å². The van der Waals surface area contributed by atoms with Crippen molar-refractivity contribution < 1.29 is 14.3 Å². The molecule has 0 spiro atoms. The molecule has 4 nitrogen and oxygen atoms in total. The van der Waals surface area contributed by atoms with Crippen LogP contribution in [0.5, 0.6) is 0 Å². The molecule has 0 rings (SSSR count). The van der Waals surface area contributed by atoms with E-state index in [2.05, 4.69) is 4.74 Å². The molecule has 0 aromatic heterocycles. The van der Waals surface area contributed by atoms with Gasteiger partial charge in [-0.15, -0.1) is 0 Å². The average molecular weight is 187 g/mol.